The predicted molar refractivity (Wildman–Crippen MR) is 111 cm³/mol. The first kappa shape index (κ1) is 25.6. The lowest BCUT2D eigenvalue weighted by molar-refractivity contribution is -0.314. The molecule has 8 unspecified atom stereocenters. The van der Waals surface area contributed by atoms with Gasteiger partial charge in [0.1, 0.15) is 24.4 Å². The van der Waals surface area contributed by atoms with E-state index in [2.05, 4.69) is 0 Å². The SMILES string of the molecule is COC1CC(C2OC3CC(O)CC(O)C3CC2O[C@H]2OC[C@H](O)[C@H](O)[C@H]2O)CC(OC)C1O. The summed E-state index contributed by atoms with van der Waals surface area (Å²) < 4.78 is 29.0. The molecule has 2 saturated heterocycles. The number of ether oxygens (including phenoxy) is 5. The van der Waals surface area contributed by atoms with E-state index in [1.54, 1.807) is 0 Å². The molecule has 2 aliphatic carbocycles. The van der Waals surface area contributed by atoms with E-state index in [-0.39, 0.29) is 31.0 Å². The summed E-state index contributed by atoms with van der Waals surface area (Å²) in [5.41, 5.74) is 0. The van der Waals surface area contributed by atoms with Crippen molar-refractivity contribution in [1.82, 2.24) is 0 Å². The fourth-order valence-electron chi connectivity index (χ4n) is 5.97. The normalized spacial score (nSPS) is 53.5. The van der Waals surface area contributed by atoms with Gasteiger partial charge in [0, 0.05) is 20.1 Å². The summed E-state index contributed by atoms with van der Waals surface area (Å²) in [6, 6.07) is 0. The van der Waals surface area contributed by atoms with E-state index >= 15 is 0 Å². The van der Waals surface area contributed by atoms with Gasteiger partial charge in [-0.05, 0) is 38.0 Å². The van der Waals surface area contributed by atoms with Gasteiger partial charge in [0.2, 0.25) is 0 Å². The number of rotatable bonds is 5. The number of hydrogen-bond donors (Lipinski definition) is 6. The first-order valence-corrected chi connectivity index (χ1v) is 11.8. The van der Waals surface area contributed by atoms with Crippen LogP contribution in [0.2, 0.25) is 0 Å². The lowest BCUT2D eigenvalue weighted by Gasteiger charge is -2.51. The maximum Gasteiger partial charge on any atom is 0.186 e. The molecule has 0 spiro atoms. The lowest BCUT2D eigenvalue weighted by Crippen LogP contribution is -2.60. The van der Waals surface area contributed by atoms with Crippen LogP contribution in [-0.4, -0.2) is 125 Å². The summed E-state index contributed by atoms with van der Waals surface area (Å²) in [6.45, 7) is -0.185. The van der Waals surface area contributed by atoms with Crippen LogP contribution in [-0.2, 0) is 23.7 Å². The molecule has 11 nitrogen and oxygen atoms in total. The van der Waals surface area contributed by atoms with Gasteiger partial charge in [-0.1, -0.05) is 0 Å². The van der Waals surface area contributed by atoms with E-state index in [9.17, 15) is 30.6 Å². The quantitative estimate of drug-likeness (QED) is 0.256. The van der Waals surface area contributed by atoms with Gasteiger partial charge in [-0.15, -0.1) is 0 Å². The van der Waals surface area contributed by atoms with Crippen LogP contribution in [0.4, 0.5) is 0 Å². The second kappa shape index (κ2) is 10.7. The van der Waals surface area contributed by atoms with Gasteiger partial charge in [0.15, 0.2) is 6.29 Å². The largest absolute Gasteiger partial charge is 0.393 e. The van der Waals surface area contributed by atoms with Crippen LogP contribution in [0.15, 0.2) is 0 Å². The Labute approximate surface area is 193 Å². The number of hydrogen-bond acceptors (Lipinski definition) is 11. The molecule has 4 rings (SSSR count). The zero-order chi connectivity index (χ0) is 23.9. The third kappa shape index (κ3) is 5.24. The summed E-state index contributed by atoms with van der Waals surface area (Å²) in [7, 11) is 3.06. The molecular weight excluding hydrogens is 440 g/mol. The number of methoxy groups -OCH3 is 2. The Morgan fingerprint density at radius 2 is 1.36 bits per heavy atom. The van der Waals surface area contributed by atoms with Crippen molar-refractivity contribution in [1.29, 1.82) is 0 Å². The van der Waals surface area contributed by atoms with Crippen molar-refractivity contribution in [2.75, 3.05) is 20.8 Å². The van der Waals surface area contributed by atoms with Gasteiger partial charge in [0.25, 0.3) is 0 Å². The smallest absolute Gasteiger partial charge is 0.186 e. The summed E-state index contributed by atoms with van der Waals surface area (Å²) >= 11 is 0. The van der Waals surface area contributed by atoms with Gasteiger partial charge >= 0.3 is 0 Å². The molecule has 2 saturated carbocycles. The van der Waals surface area contributed by atoms with Crippen LogP contribution in [0, 0.1) is 11.8 Å². The van der Waals surface area contributed by atoms with Crippen LogP contribution in [0.1, 0.15) is 32.1 Å². The molecule has 0 radical (unpaired) electrons. The van der Waals surface area contributed by atoms with Crippen molar-refractivity contribution < 1.29 is 54.3 Å². The maximum atomic E-state index is 10.6. The highest BCUT2D eigenvalue weighted by atomic mass is 16.7. The zero-order valence-corrected chi connectivity index (χ0v) is 19.1. The molecular formula is C22H38O11. The van der Waals surface area contributed by atoms with Gasteiger partial charge in [0.05, 0.1) is 49.3 Å². The van der Waals surface area contributed by atoms with E-state index in [0.717, 1.165) is 0 Å². The summed E-state index contributed by atoms with van der Waals surface area (Å²) in [6.07, 6.45) is -7.83. The molecule has 4 aliphatic rings. The monoisotopic (exact) mass is 478 g/mol. The van der Waals surface area contributed by atoms with E-state index in [1.165, 1.54) is 14.2 Å². The fourth-order valence-corrected chi connectivity index (χ4v) is 5.97. The minimum atomic E-state index is -1.45. The predicted octanol–water partition coefficient (Wildman–Crippen LogP) is -2.10. The Morgan fingerprint density at radius 3 is 2.00 bits per heavy atom. The molecule has 6 N–H and O–H groups in total. The van der Waals surface area contributed by atoms with Gasteiger partial charge in [-0.25, -0.2) is 0 Å². The third-order valence-corrected chi connectivity index (χ3v) is 7.86. The van der Waals surface area contributed by atoms with E-state index in [0.29, 0.717) is 25.7 Å². The molecule has 2 aliphatic heterocycles. The maximum absolute atomic E-state index is 10.6. The Bertz CT molecular complexity index is 623. The Kier molecular flexibility index (Phi) is 8.29. The molecule has 11 heteroatoms. The highest BCUT2D eigenvalue weighted by Crippen LogP contribution is 2.43. The molecule has 0 amide bonds. The highest BCUT2D eigenvalue weighted by molar-refractivity contribution is 5.00. The molecule has 0 aromatic heterocycles. The number of aliphatic hydroxyl groups excluding tert-OH is 6. The molecule has 0 aromatic carbocycles. The Morgan fingerprint density at radius 1 is 0.697 bits per heavy atom. The molecule has 4 fully saturated rings. The van der Waals surface area contributed by atoms with Crippen LogP contribution in [0.5, 0.6) is 0 Å². The molecule has 0 bridgehead atoms. The zero-order valence-electron chi connectivity index (χ0n) is 19.1. The van der Waals surface area contributed by atoms with Crippen molar-refractivity contribution in [3.05, 3.63) is 0 Å². The number of aliphatic hydroxyl groups is 6. The van der Waals surface area contributed by atoms with Crippen LogP contribution in [0.25, 0.3) is 0 Å². The van der Waals surface area contributed by atoms with Crippen molar-refractivity contribution in [3.8, 4) is 0 Å². The van der Waals surface area contributed by atoms with Crippen LogP contribution < -0.4 is 0 Å². The standard InChI is InChI=1S/C22H38O11/c1-29-15-3-9(4-16(30-2)19(15)27)21-17(33-22-20(28)18(26)13(25)8-31-22)7-11-12(24)5-10(23)6-14(11)32-21/h9-28H,3-8H2,1-2H3/t9?,10?,11?,12?,13-,14?,15?,16?,17?,18-,19?,20+,21?,22+/m0/s1. The molecule has 0 aromatic rings. The average Bonchev–Trinajstić information content (AvgIpc) is 2.79. The summed E-state index contributed by atoms with van der Waals surface area (Å²) in [5, 5.41) is 61.5. The Balaban J connectivity index is 1.56. The Hall–Kier alpha value is -0.440. The van der Waals surface area contributed by atoms with E-state index in [1.807, 2.05) is 0 Å². The summed E-state index contributed by atoms with van der Waals surface area (Å²) in [4.78, 5) is 0. The number of fused-ring (bicyclic) bond motifs is 1. The first-order chi connectivity index (χ1) is 15.7. The average molecular weight is 479 g/mol. The van der Waals surface area contributed by atoms with E-state index in [4.69, 9.17) is 23.7 Å². The molecule has 33 heavy (non-hydrogen) atoms. The van der Waals surface area contributed by atoms with Crippen molar-refractivity contribution in [2.45, 2.75) is 106 Å². The minimum Gasteiger partial charge on any atom is -0.393 e. The second-order valence-corrected chi connectivity index (χ2v) is 9.93. The molecule has 192 valence electrons. The third-order valence-electron chi connectivity index (χ3n) is 7.86. The van der Waals surface area contributed by atoms with Gasteiger partial charge < -0.3 is 54.3 Å². The molecule has 12 atom stereocenters. The van der Waals surface area contributed by atoms with E-state index < -0.39 is 67.3 Å². The highest BCUT2D eigenvalue weighted by Gasteiger charge is 2.52. The van der Waals surface area contributed by atoms with Crippen molar-refractivity contribution in [2.24, 2.45) is 11.8 Å². The topological polar surface area (TPSA) is 168 Å². The summed E-state index contributed by atoms with van der Waals surface area (Å²) in [5.74, 6) is -0.404. The second-order valence-electron chi connectivity index (χ2n) is 9.93. The van der Waals surface area contributed by atoms with Crippen LogP contribution in [0.3, 0.4) is 0 Å². The van der Waals surface area contributed by atoms with Gasteiger partial charge in [-0.3, -0.25) is 0 Å². The minimum absolute atomic E-state index is 0.137. The molecule has 2 heterocycles. The van der Waals surface area contributed by atoms with Crippen molar-refractivity contribution in [3.63, 3.8) is 0 Å². The van der Waals surface area contributed by atoms with Crippen molar-refractivity contribution >= 4 is 0 Å². The first-order valence-electron chi connectivity index (χ1n) is 11.8. The lowest BCUT2D eigenvalue weighted by atomic mass is 9.72. The van der Waals surface area contributed by atoms with Gasteiger partial charge in [-0.2, -0.15) is 0 Å². The van der Waals surface area contributed by atoms with Crippen LogP contribution >= 0.6 is 0 Å². The fraction of sp³-hybridized carbons (Fsp3) is 1.00.